The third kappa shape index (κ3) is 7.15. The lowest BCUT2D eigenvalue weighted by molar-refractivity contribution is -0.127. The molecule has 38 heavy (non-hydrogen) atoms. The smallest absolute Gasteiger partial charge is 0.410 e. The van der Waals surface area contributed by atoms with Crippen molar-refractivity contribution in [3.05, 3.63) is 23.7 Å². The van der Waals surface area contributed by atoms with Crippen molar-refractivity contribution in [2.24, 2.45) is 0 Å². The molecule has 5 rings (SSSR count). The number of aromatic nitrogens is 3. The molecule has 1 unspecified atom stereocenters. The van der Waals surface area contributed by atoms with Gasteiger partial charge in [-0.1, -0.05) is 11.6 Å². The summed E-state index contributed by atoms with van der Waals surface area (Å²) in [5.74, 6) is -1.50. The van der Waals surface area contributed by atoms with Crippen LogP contribution < -0.4 is 0 Å². The second-order valence-electron chi connectivity index (χ2n) is 12.2. The zero-order valence-electron chi connectivity index (χ0n) is 23.2. The number of ether oxygens (including phenoxy) is 2. The molecule has 3 aliphatic heterocycles. The van der Waals surface area contributed by atoms with Crippen LogP contribution in [0.15, 0.2) is 18.6 Å². The minimum atomic E-state index is -1.50. The standard InChI is InChI=1S/C24H34ClN5O3.C3H8O2/c1-23(2,3)33-22(31)28-11-4-9-24(15-28)10-5-12-29(24)14-17-6-7-19(32-17)30-13-8-18-20(25)26-16-27-21(18)30;1-3(2,4)5/h8,13,16-17,19H,4-7,9-12,14-15H2,1-3H3;4-5H,1-2H3/t17-,19+,24?;/m0./s1. The maximum atomic E-state index is 12.7. The lowest BCUT2D eigenvalue weighted by Crippen LogP contribution is -2.58. The third-order valence-corrected chi connectivity index (χ3v) is 7.53. The van der Waals surface area contributed by atoms with E-state index >= 15 is 0 Å². The van der Waals surface area contributed by atoms with E-state index in [1.807, 2.05) is 37.9 Å². The topological polar surface area (TPSA) is 113 Å². The number of nitrogens with zero attached hydrogens (tertiary/aromatic N) is 5. The van der Waals surface area contributed by atoms with Gasteiger partial charge in [-0.25, -0.2) is 14.8 Å². The van der Waals surface area contributed by atoms with Gasteiger partial charge in [0.1, 0.15) is 29.0 Å². The number of aliphatic hydroxyl groups is 2. The summed E-state index contributed by atoms with van der Waals surface area (Å²) in [6, 6.07) is 1.96. The van der Waals surface area contributed by atoms with Crippen molar-refractivity contribution >= 4 is 28.7 Å². The van der Waals surface area contributed by atoms with Crippen LogP contribution in [0.25, 0.3) is 11.0 Å². The van der Waals surface area contributed by atoms with Crippen LogP contribution in [0, 0.1) is 0 Å². The fraction of sp³-hybridized carbons (Fsp3) is 0.741. The summed E-state index contributed by atoms with van der Waals surface area (Å²) in [4.78, 5) is 25.7. The first-order chi connectivity index (χ1) is 17.7. The van der Waals surface area contributed by atoms with Crippen LogP contribution in [-0.2, 0) is 9.47 Å². The Morgan fingerprint density at radius 3 is 2.53 bits per heavy atom. The number of carbonyl (C=O) groups is 1. The number of fused-ring (bicyclic) bond motifs is 1. The largest absolute Gasteiger partial charge is 0.444 e. The molecule has 0 aromatic carbocycles. The van der Waals surface area contributed by atoms with Crippen molar-refractivity contribution in [2.75, 3.05) is 26.2 Å². The minimum absolute atomic E-state index is 0.0392. The Bertz CT molecular complexity index is 1110. The molecule has 0 bridgehead atoms. The average molecular weight is 552 g/mol. The first-order valence-corrected chi connectivity index (χ1v) is 13.9. The molecule has 1 spiro atoms. The van der Waals surface area contributed by atoms with Gasteiger partial charge in [-0.2, -0.15) is 0 Å². The zero-order chi connectivity index (χ0) is 27.7. The Kier molecular flexibility index (Phi) is 8.59. The predicted octanol–water partition coefficient (Wildman–Crippen LogP) is 4.33. The Balaban J connectivity index is 0.000000617. The molecule has 10 nitrogen and oxygen atoms in total. The molecule has 0 radical (unpaired) electrons. The molecule has 1 amide bonds. The van der Waals surface area contributed by atoms with Crippen LogP contribution in [0.5, 0.6) is 0 Å². The average Bonchev–Trinajstić information content (AvgIpc) is 3.52. The van der Waals surface area contributed by atoms with E-state index in [-0.39, 0.29) is 24.0 Å². The van der Waals surface area contributed by atoms with Gasteiger partial charge in [0.05, 0.1) is 11.5 Å². The number of rotatable bonds is 3. The quantitative estimate of drug-likeness (QED) is 0.428. The molecule has 5 heterocycles. The molecular weight excluding hydrogens is 510 g/mol. The van der Waals surface area contributed by atoms with Crippen molar-refractivity contribution in [3.63, 3.8) is 0 Å². The molecule has 3 fully saturated rings. The van der Waals surface area contributed by atoms with Crippen LogP contribution in [0.4, 0.5) is 4.79 Å². The highest BCUT2D eigenvalue weighted by Crippen LogP contribution is 2.40. The van der Waals surface area contributed by atoms with E-state index in [2.05, 4.69) is 19.4 Å². The normalized spacial score (nSPS) is 26.6. The van der Waals surface area contributed by atoms with Crippen LogP contribution in [0.2, 0.25) is 5.15 Å². The van der Waals surface area contributed by atoms with Crippen molar-refractivity contribution < 1.29 is 24.5 Å². The highest BCUT2D eigenvalue weighted by atomic mass is 35.5. The third-order valence-electron chi connectivity index (χ3n) is 7.23. The molecular formula is C27H42ClN5O5. The Morgan fingerprint density at radius 1 is 1.16 bits per heavy atom. The number of halogens is 1. The van der Waals surface area contributed by atoms with E-state index in [4.69, 9.17) is 31.3 Å². The van der Waals surface area contributed by atoms with E-state index < -0.39 is 11.4 Å². The Morgan fingerprint density at radius 2 is 1.84 bits per heavy atom. The van der Waals surface area contributed by atoms with Gasteiger partial charge in [-0.15, -0.1) is 0 Å². The maximum Gasteiger partial charge on any atom is 0.410 e. The summed E-state index contributed by atoms with van der Waals surface area (Å²) in [6.45, 7) is 11.8. The summed E-state index contributed by atoms with van der Waals surface area (Å²) >= 11 is 6.22. The van der Waals surface area contributed by atoms with Gasteiger partial charge < -0.3 is 29.2 Å². The maximum absolute atomic E-state index is 12.7. The number of hydrogen-bond acceptors (Lipinski definition) is 8. The second kappa shape index (κ2) is 11.3. The van der Waals surface area contributed by atoms with E-state index in [0.717, 1.165) is 75.7 Å². The highest BCUT2D eigenvalue weighted by molar-refractivity contribution is 6.33. The van der Waals surface area contributed by atoms with E-state index in [1.165, 1.54) is 20.2 Å². The van der Waals surface area contributed by atoms with Crippen LogP contribution in [0.3, 0.4) is 0 Å². The molecule has 2 aromatic heterocycles. The van der Waals surface area contributed by atoms with Crippen LogP contribution in [-0.4, -0.2) is 89.9 Å². The molecule has 0 aliphatic carbocycles. The molecule has 2 aromatic rings. The second-order valence-corrected chi connectivity index (χ2v) is 12.5. The SMILES string of the molecule is CC(C)(C)OC(=O)N1CCCC2(CCCN2C[C@@H]2CC[C@H](n3ccc4c(Cl)ncnc43)O2)C1.CC(C)(O)O. The van der Waals surface area contributed by atoms with Gasteiger partial charge in [0.25, 0.3) is 0 Å². The highest BCUT2D eigenvalue weighted by Gasteiger charge is 2.46. The Labute approximate surface area is 229 Å². The van der Waals surface area contributed by atoms with Crippen LogP contribution >= 0.6 is 11.6 Å². The molecule has 212 valence electrons. The molecule has 3 atom stereocenters. The number of hydrogen-bond donors (Lipinski definition) is 2. The predicted molar refractivity (Wildman–Crippen MR) is 145 cm³/mol. The monoisotopic (exact) mass is 551 g/mol. The fourth-order valence-corrected chi connectivity index (χ4v) is 5.97. The summed E-state index contributed by atoms with van der Waals surface area (Å²) in [6.07, 6.45) is 9.81. The summed E-state index contributed by atoms with van der Waals surface area (Å²) in [7, 11) is 0. The fourth-order valence-electron chi connectivity index (χ4n) is 5.78. The number of likely N-dealkylation sites (tertiary alicyclic amines) is 2. The van der Waals surface area contributed by atoms with Crippen molar-refractivity contribution in [2.45, 2.75) is 102 Å². The summed E-state index contributed by atoms with van der Waals surface area (Å²) in [5, 5.41) is 17.5. The van der Waals surface area contributed by atoms with Gasteiger partial charge in [0.15, 0.2) is 5.79 Å². The van der Waals surface area contributed by atoms with Crippen molar-refractivity contribution in [1.82, 2.24) is 24.3 Å². The summed E-state index contributed by atoms with van der Waals surface area (Å²) < 4.78 is 14.2. The lowest BCUT2D eigenvalue weighted by atomic mass is 9.86. The molecule has 3 aliphatic rings. The Hall–Kier alpha value is -1.98. The molecule has 0 saturated carbocycles. The van der Waals surface area contributed by atoms with Gasteiger partial charge in [0.2, 0.25) is 0 Å². The lowest BCUT2D eigenvalue weighted by Gasteiger charge is -2.46. The zero-order valence-corrected chi connectivity index (χ0v) is 23.9. The van der Waals surface area contributed by atoms with Crippen LogP contribution in [0.1, 0.15) is 79.4 Å². The molecule has 2 N–H and O–H groups in total. The van der Waals surface area contributed by atoms with Crippen molar-refractivity contribution in [1.29, 1.82) is 0 Å². The number of carbonyl (C=O) groups excluding carboxylic acids is 1. The number of piperidine rings is 1. The summed E-state index contributed by atoms with van der Waals surface area (Å²) in [5.41, 5.74) is 0.387. The first-order valence-electron chi connectivity index (χ1n) is 13.5. The number of amides is 1. The molecule has 3 saturated heterocycles. The van der Waals surface area contributed by atoms with Gasteiger partial charge in [-0.05, 0) is 85.8 Å². The van der Waals surface area contributed by atoms with Gasteiger partial charge >= 0.3 is 6.09 Å². The minimum Gasteiger partial charge on any atom is -0.444 e. The molecule has 11 heteroatoms. The first kappa shape index (κ1) is 29.0. The van der Waals surface area contributed by atoms with Crippen molar-refractivity contribution in [3.8, 4) is 0 Å². The van der Waals surface area contributed by atoms with E-state index in [9.17, 15) is 4.79 Å². The van der Waals surface area contributed by atoms with Gasteiger partial charge in [0, 0.05) is 31.4 Å². The van der Waals surface area contributed by atoms with E-state index in [1.54, 1.807) is 0 Å². The van der Waals surface area contributed by atoms with Gasteiger partial charge in [-0.3, -0.25) is 4.90 Å². The van der Waals surface area contributed by atoms with E-state index in [0.29, 0.717) is 5.15 Å².